The molecule has 4 heterocycles. The molecule has 13 aromatic rings. The number of amidine groups is 2. The maximum absolute atomic E-state index is 7.22. The van der Waals surface area contributed by atoms with Crippen LogP contribution in [0.3, 0.4) is 0 Å². The van der Waals surface area contributed by atoms with Gasteiger partial charge in [-0.2, -0.15) is 0 Å². The van der Waals surface area contributed by atoms with Crippen LogP contribution in [0.15, 0.2) is 227 Å². The summed E-state index contributed by atoms with van der Waals surface area (Å²) in [6, 6.07) is 75.6. The summed E-state index contributed by atoms with van der Waals surface area (Å²) in [7, 11) is 0. The maximum Gasteiger partial charge on any atom is 0.159 e. The molecule has 0 bridgehead atoms. The van der Waals surface area contributed by atoms with Crippen LogP contribution in [0.1, 0.15) is 22.9 Å². The highest BCUT2D eigenvalue weighted by Crippen LogP contribution is 2.45. The molecule has 1 unspecified atom stereocenters. The van der Waals surface area contributed by atoms with E-state index in [-0.39, 0.29) is 0 Å². The molecule has 0 saturated heterocycles. The fraction of sp³-hybridized carbons (Fsp3) is 0.0169. The molecule has 0 amide bonds. The van der Waals surface area contributed by atoms with Gasteiger partial charge in [0.2, 0.25) is 0 Å². The Kier molecular flexibility index (Phi) is 7.65. The summed E-state index contributed by atoms with van der Waals surface area (Å²) in [5.74, 6) is 1.44. The summed E-state index contributed by atoms with van der Waals surface area (Å²) in [4.78, 5) is 10.5. The molecule has 1 N–H and O–H groups in total. The van der Waals surface area contributed by atoms with Crippen LogP contribution < -0.4 is 5.32 Å². The first-order valence-corrected chi connectivity index (χ1v) is 22.1. The number of furan rings is 1. The highest BCUT2D eigenvalue weighted by atomic mass is 16.3. The lowest BCUT2D eigenvalue weighted by atomic mass is 10.0. The lowest BCUT2D eigenvalue weighted by Crippen LogP contribution is -2.33. The van der Waals surface area contributed by atoms with Crippen LogP contribution in [0.4, 0.5) is 0 Å². The van der Waals surface area contributed by atoms with Gasteiger partial charge in [-0.15, -0.1) is 0 Å². The highest BCUT2D eigenvalue weighted by Gasteiger charge is 2.27. The summed E-state index contributed by atoms with van der Waals surface area (Å²) in [6.45, 7) is 0. The Bertz CT molecular complexity index is 4150. The first-order valence-electron chi connectivity index (χ1n) is 22.1. The van der Waals surface area contributed by atoms with Crippen molar-refractivity contribution in [3.05, 3.63) is 229 Å². The number of aromatic nitrogens is 2. The minimum atomic E-state index is -0.464. The molecule has 65 heavy (non-hydrogen) atoms. The number of nitrogens with zero attached hydrogens (tertiary/aromatic N) is 4. The summed E-state index contributed by atoms with van der Waals surface area (Å²) in [5, 5.41) is 15.5. The number of hydrogen-bond acceptors (Lipinski definition) is 4. The number of rotatable bonds is 5. The second-order valence-electron chi connectivity index (χ2n) is 16.9. The molecule has 3 aromatic heterocycles. The maximum atomic E-state index is 7.22. The Morgan fingerprint density at radius 3 is 1.68 bits per heavy atom. The van der Waals surface area contributed by atoms with Crippen molar-refractivity contribution in [3.63, 3.8) is 0 Å². The monoisotopic (exact) mass is 831 g/mol. The molecular weight excluding hydrogens is 795 g/mol. The number of benzene rings is 10. The molecular formula is C59H37N5O. The van der Waals surface area contributed by atoms with E-state index in [1.165, 1.54) is 43.1 Å². The van der Waals surface area contributed by atoms with E-state index in [1.54, 1.807) is 0 Å². The second-order valence-corrected chi connectivity index (χ2v) is 16.9. The normalized spacial score (nSPS) is 14.3. The van der Waals surface area contributed by atoms with Gasteiger partial charge in [0.25, 0.3) is 0 Å². The van der Waals surface area contributed by atoms with E-state index in [9.17, 15) is 0 Å². The lowest BCUT2D eigenvalue weighted by Gasteiger charge is -2.24. The van der Waals surface area contributed by atoms with Gasteiger partial charge in [0.05, 0.1) is 27.8 Å². The van der Waals surface area contributed by atoms with Gasteiger partial charge in [-0.3, -0.25) is 0 Å². The van der Waals surface area contributed by atoms with Gasteiger partial charge >= 0.3 is 0 Å². The van der Waals surface area contributed by atoms with E-state index in [4.69, 9.17) is 14.4 Å². The Morgan fingerprint density at radius 1 is 0.431 bits per heavy atom. The first kappa shape index (κ1) is 35.8. The topological polar surface area (TPSA) is 59.8 Å². The molecule has 6 nitrogen and oxygen atoms in total. The average molecular weight is 832 g/mol. The van der Waals surface area contributed by atoms with Crippen LogP contribution >= 0.6 is 0 Å². The van der Waals surface area contributed by atoms with E-state index in [0.717, 1.165) is 77.9 Å². The van der Waals surface area contributed by atoms with Crippen molar-refractivity contribution in [3.8, 4) is 11.4 Å². The summed E-state index contributed by atoms with van der Waals surface area (Å²) < 4.78 is 12.1. The number of fused-ring (bicyclic) bond motifs is 13. The zero-order valence-electron chi connectivity index (χ0n) is 35.0. The van der Waals surface area contributed by atoms with Crippen LogP contribution in [0.5, 0.6) is 0 Å². The van der Waals surface area contributed by atoms with Crippen LogP contribution in [-0.2, 0) is 0 Å². The quantitative estimate of drug-likeness (QED) is 0.188. The Balaban J connectivity index is 1.11. The molecule has 14 rings (SSSR count). The van der Waals surface area contributed by atoms with Gasteiger partial charge in [-0.25, -0.2) is 9.98 Å². The highest BCUT2D eigenvalue weighted by molar-refractivity contribution is 6.24. The van der Waals surface area contributed by atoms with Crippen LogP contribution in [-0.4, -0.2) is 20.8 Å². The molecule has 1 atom stereocenters. The minimum Gasteiger partial charge on any atom is -0.454 e. The van der Waals surface area contributed by atoms with Crippen LogP contribution in [0.25, 0.3) is 98.5 Å². The van der Waals surface area contributed by atoms with Gasteiger partial charge in [0.1, 0.15) is 17.6 Å². The lowest BCUT2D eigenvalue weighted by molar-refractivity contribution is 0.660. The number of aliphatic imine (C=N–C) groups is 2. The Morgan fingerprint density at radius 2 is 1.00 bits per heavy atom. The largest absolute Gasteiger partial charge is 0.454 e. The number of hydrogen-bond donors (Lipinski definition) is 1. The van der Waals surface area contributed by atoms with Crippen molar-refractivity contribution < 1.29 is 4.42 Å². The van der Waals surface area contributed by atoms with Crippen molar-refractivity contribution in [1.29, 1.82) is 0 Å². The van der Waals surface area contributed by atoms with Gasteiger partial charge < -0.3 is 18.9 Å². The van der Waals surface area contributed by atoms with Gasteiger partial charge in [0.15, 0.2) is 11.4 Å². The van der Waals surface area contributed by atoms with Crippen molar-refractivity contribution in [2.75, 3.05) is 0 Å². The number of nitrogens with one attached hydrogen (secondary N) is 1. The van der Waals surface area contributed by atoms with E-state index in [2.05, 4.69) is 190 Å². The van der Waals surface area contributed by atoms with Crippen LogP contribution in [0, 0.1) is 0 Å². The zero-order valence-corrected chi connectivity index (χ0v) is 35.0. The molecule has 0 fully saturated rings. The van der Waals surface area contributed by atoms with E-state index in [1.807, 2.05) is 36.4 Å². The molecule has 304 valence electrons. The zero-order chi connectivity index (χ0) is 42.6. The van der Waals surface area contributed by atoms with Crippen molar-refractivity contribution in [2.45, 2.75) is 6.17 Å². The molecule has 0 saturated carbocycles. The minimum absolute atomic E-state index is 0.464. The van der Waals surface area contributed by atoms with Crippen LogP contribution in [0.2, 0.25) is 0 Å². The third kappa shape index (κ3) is 5.34. The van der Waals surface area contributed by atoms with Gasteiger partial charge in [-0.1, -0.05) is 170 Å². The fourth-order valence-corrected chi connectivity index (χ4v) is 10.5. The van der Waals surface area contributed by atoms with Crippen molar-refractivity contribution in [2.24, 2.45) is 9.98 Å². The molecule has 1 aliphatic heterocycles. The molecule has 1 aliphatic rings. The third-order valence-corrected chi connectivity index (χ3v) is 13.3. The summed E-state index contributed by atoms with van der Waals surface area (Å²) in [6.07, 6.45) is -0.464. The van der Waals surface area contributed by atoms with E-state index in [0.29, 0.717) is 5.84 Å². The number of para-hydroxylation sites is 2. The Hall–Kier alpha value is -8.74. The SMILES string of the molecule is c1ccc(C2=NC(c3cccc4oc5c(-n6c7ccccc7c7c8ccccc8ccc76)cc(-n6c7ccccc7c7c8ccccc8ccc76)cc5c34)NC(c3ccccc3)=N2)cc1. The second kappa shape index (κ2) is 13.9. The summed E-state index contributed by atoms with van der Waals surface area (Å²) in [5.41, 5.74) is 11.1. The van der Waals surface area contributed by atoms with Gasteiger partial charge in [0, 0.05) is 54.7 Å². The first-order chi connectivity index (χ1) is 32.2. The molecule has 10 aromatic carbocycles. The smallest absolute Gasteiger partial charge is 0.159 e. The van der Waals surface area contributed by atoms with E-state index >= 15 is 0 Å². The predicted octanol–water partition coefficient (Wildman–Crippen LogP) is 14.6. The van der Waals surface area contributed by atoms with E-state index < -0.39 is 6.17 Å². The molecule has 0 radical (unpaired) electrons. The fourth-order valence-electron chi connectivity index (χ4n) is 10.5. The predicted molar refractivity (Wildman–Crippen MR) is 269 cm³/mol. The molecule has 0 spiro atoms. The summed E-state index contributed by atoms with van der Waals surface area (Å²) >= 11 is 0. The Labute approximate surface area is 372 Å². The molecule has 0 aliphatic carbocycles. The standard InChI is InChI=1S/C59H37N5O/c1-3-18-38(19-4-1)57-60-58(39-20-5-2-6-21-39)62-59(61-57)45-26-15-29-52-55(45)46-34-40(63-47-27-13-11-24-43(47)53-41-22-9-7-16-36(41)30-32-49(53)63)35-51(56(46)65-52)64-48-28-14-12-25-44(48)54-42-23-10-8-17-37(42)31-33-50(54)64/h1-35,59H,(H,60,61,62). The van der Waals surface area contributed by atoms with Crippen molar-refractivity contribution in [1.82, 2.24) is 14.5 Å². The third-order valence-electron chi connectivity index (χ3n) is 13.3. The average Bonchev–Trinajstić information content (AvgIpc) is 4.05. The molecule has 6 heteroatoms. The van der Waals surface area contributed by atoms with Gasteiger partial charge in [-0.05, 0) is 64.0 Å². The van der Waals surface area contributed by atoms with Crippen molar-refractivity contribution >= 4 is 98.8 Å².